The lowest BCUT2D eigenvalue weighted by atomic mass is 10.1. The molecule has 92 valence electrons. The highest BCUT2D eigenvalue weighted by Gasteiger charge is 2.36. The standard InChI is InChI=1S/C12H23N3O/c1-2-6-13-12(16)9-14-10-5-8-15-7-3-4-11(10)15/h10-11,14H,2-9H2,1H3,(H,13,16). The second kappa shape index (κ2) is 5.64. The van der Waals surface area contributed by atoms with Gasteiger partial charge >= 0.3 is 0 Å². The van der Waals surface area contributed by atoms with E-state index in [0.717, 1.165) is 13.0 Å². The average Bonchev–Trinajstić information content (AvgIpc) is 2.86. The average molecular weight is 225 g/mol. The summed E-state index contributed by atoms with van der Waals surface area (Å²) in [5.41, 5.74) is 0. The van der Waals surface area contributed by atoms with Crippen molar-refractivity contribution in [2.24, 2.45) is 0 Å². The van der Waals surface area contributed by atoms with Crippen molar-refractivity contribution in [1.82, 2.24) is 15.5 Å². The van der Waals surface area contributed by atoms with E-state index in [9.17, 15) is 4.79 Å². The first-order chi connectivity index (χ1) is 7.81. The smallest absolute Gasteiger partial charge is 0.233 e. The van der Waals surface area contributed by atoms with Crippen LogP contribution in [0.25, 0.3) is 0 Å². The van der Waals surface area contributed by atoms with Crippen LogP contribution in [0.15, 0.2) is 0 Å². The van der Waals surface area contributed by atoms with Crippen LogP contribution in [0.2, 0.25) is 0 Å². The van der Waals surface area contributed by atoms with E-state index in [4.69, 9.17) is 0 Å². The lowest BCUT2D eigenvalue weighted by Gasteiger charge is -2.21. The highest BCUT2D eigenvalue weighted by molar-refractivity contribution is 5.77. The van der Waals surface area contributed by atoms with Crippen LogP contribution < -0.4 is 10.6 Å². The van der Waals surface area contributed by atoms with Crippen molar-refractivity contribution in [2.75, 3.05) is 26.2 Å². The molecule has 0 aromatic heterocycles. The predicted octanol–water partition coefficient (Wildman–Crippen LogP) is 0.339. The molecule has 1 amide bonds. The van der Waals surface area contributed by atoms with Gasteiger partial charge in [0.15, 0.2) is 0 Å². The summed E-state index contributed by atoms with van der Waals surface area (Å²) in [7, 11) is 0. The molecule has 2 rings (SSSR count). The zero-order valence-corrected chi connectivity index (χ0v) is 10.2. The molecule has 0 aromatic rings. The van der Waals surface area contributed by atoms with Crippen LogP contribution in [0.4, 0.5) is 0 Å². The summed E-state index contributed by atoms with van der Waals surface area (Å²) in [6, 6.07) is 1.23. The quantitative estimate of drug-likeness (QED) is 0.709. The van der Waals surface area contributed by atoms with Gasteiger partial charge in [0.05, 0.1) is 6.54 Å². The Kier molecular flexibility index (Phi) is 4.18. The number of fused-ring (bicyclic) bond motifs is 1. The number of hydrogen-bond donors (Lipinski definition) is 2. The SMILES string of the molecule is CCCNC(=O)CNC1CCN2CCCC12. The molecule has 2 saturated heterocycles. The Morgan fingerprint density at radius 3 is 3.06 bits per heavy atom. The van der Waals surface area contributed by atoms with Gasteiger partial charge in [0.1, 0.15) is 0 Å². The van der Waals surface area contributed by atoms with Gasteiger partial charge in [-0.2, -0.15) is 0 Å². The Hall–Kier alpha value is -0.610. The van der Waals surface area contributed by atoms with Crippen LogP contribution in [0.5, 0.6) is 0 Å². The third kappa shape index (κ3) is 2.74. The van der Waals surface area contributed by atoms with Crippen molar-refractivity contribution in [3.05, 3.63) is 0 Å². The van der Waals surface area contributed by atoms with Crippen LogP contribution in [0.1, 0.15) is 32.6 Å². The molecule has 0 spiro atoms. The molecule has 2 aliphatic rings. The minimum Gasteiger partial charge on any atom is -0.355 e. The van der Waals surface area contributed by atoms with E-state index in [1.807, 2.05) is 0 Å². The molecule has 0 radical (unpaired) electrons. The summed E-state index contributed by atoms with van der Waals surface area (Å²) >= 11 is 0. The number of amides is 1. The largest absolute Gasteiger partial charge is 0.355 e. The monoisotopic (exact) mass is 225 g/mol. The van der Waals surface area contributed by atoms with Crippen molar-refractivity contribution < 1.29 is 4.79 Å². The van der Waals surface area contributed by atoms with Crippen molar-refractivity contribution in [3.8, 4) is 0 Å². The third-order valence-electron chi connectivity index (χ3n) is 3.70. The lowest BCUT2D eigenvalue weighted by molar-refractivity contribution is -0.120. The fourth-order valence-electron chi connectivity index (χ4n) is 2.87. The van der Waals surface area contributed by atoms with Gasteiger partial charge in [-0.3, -0.25) is 9.69 Å². The van der Waals surface area contributed by atoms with Gasteiger partial charge in [0.2, 0.25) is 5.91 Å². The minimum atomic E-state index is 0.137. The van der Waals surface area contributed by atoms with Crippen molar-refractivity contribution in [3.63, 3.8) is 0 Å². The van der Waals surface area contributed by atoms with Crippen molar-refractivity contribution >= 4 is 5.91 Å². The molecule has 0 aromatic carbocycles. The summed E-state index contributed by atoms with van der Waals surface area (Å²) < 4.78 is 0. The predicted molar refractivity (Wildman–Crippen MR) is 64.3 cm³/mol. The number of rotatable bonds is 5. The number of nitrogens with zero attached hydrogens (tertiary/aromatic N) is 1. The Morgan fingerprint density at radius 1 is 1.38 bits per heavy atom. The lowest BCUT2D eigenvalue weighted by Crippen LogP contribution is -2.44. The van der Waals surface area contributed by atoms with Gasteiger partial charge in [-0.15, -0.1) is 0 Å². The van der Waals surface area contributed by atoms with Crippen LogP contribution >= 0.6 is 0 Å². The summed E-state index contributed by atoms with van der Waals surface area (Å²) in [4.78, 5) is 14.0. The number of carbonyl (C=O) groups is 1. The van der Waals surface area contributed by atoms with E-state index < -0.39 is 0 Å². The van der Waals surface area contributed by atoms with E-state index in [1.54, 1.807) is 0 Å². The maximum Gasteiger partial charge on any atom is 0.233 e. The number of carbonyl (C=O) groups excluding carboxylic acids is 1. The minimum absolute atomic E-state index is 0.137. The van der Waals surface area contributed by atoms with Gasteiger partial charge in [-0.25, -0.2) is 0 Å². The van der Waals surface area contributed by atoms with Crippen molar-refractivity contribution in [2.45, 2.75) is 44.7 Å². The van der Waals surface area contributed by atoms with Crippen molar-refractivity contribution in [1.29, 1.82) is 0 Å². The molecule has 4 heteroatoms. The summed E-state index contributed by atoms with van der Waals surface area (Å²) in [5.74, 6) is 0.137. The Balaban J connectivity index is 1.68. The van der Waals surface area contributed by atoms with E-state index in [2.05, 4.69) is 22.5 Å². The zero-order chi connectivity index (χ0) is 11.4. The zero-order valence-electron chi connectivity index (χ0n) is 10.2. The fourth-order valence-corrected chi connectivity index (χ4v) is 2.87. The first-order valence-corrected chi connectivity index (χ1v) is 6.55. The molecule has 16 heavy (non-hydrogen) atoms. The highest BCUT2D eigenvalue weighted by atomic mass is 16.1. The summed E-state index contributed by atoms with van der Waals surface area (Å²) in [5, 5.41) is 6.31. The highest BCUT2D eigenvalue weighted by Crippen LogP contribution is 2.27. The van der Waals surface area contributed by atoms with Crippen LogP contribution in [-0.2, 0) is 4.79 Å². The molecule has 2 N–H and O–H groups in total. The molecule has 0 bridgehead atoms. The molecule has 0 aliphatic carbocycles. The molecule has 0 saturated carbocycles. The maximum atomic E-state index is 11.5. The van der Waals surface area contributed by atoms with E-state index in [0.29, 0.717) is 18.6 Å². The first kappa shape index (κ1) is 11.9. The van der Waals surface area contributed by atoms with E-state index in [-0.39, 0.29) is 5.91 Å². The second-order valence-electron chi connectivity index (χ2n) is 4.87. The van der Waals surface area contributed by atoms with Crippen LogP contribution in [0, 0.1) is 0 Å². The third-order valence-corrected chi connectivity index (χ3v) is 3.70. The van der Waals surface area contributed by atoms with E-state index >= 15 is 0 Å². The topological polar surface area (TPSA) is 44.4 Å². The normalized spacial score (nSPS) is 29.3. The van der Waals surface area contributed by atoms with Gasteiger partial charge in [0.25, 0.3) is 0 Å². The second-order valence-corrected chi connectivity index (χ2v) is 4.87. The van der Waals surface area contributed by atoms with Crippen LogP contribution in [-0.4, -0.2) is 49.1 Å². The van der Waals surface area contributed by atoms with E-state index in [1.165, 1.54) is 32.4 Å². The molecule has 2 unspecified atom stereocenters. The maximum absolute atomic E-state index is 11.5. The molecule has 2 atom stereocenters. The molecular formula is C12H23N3O. The number of hydrogen-bond acceptors (Lipinski definition) is 3. The van der Waals surface area contributed by atoms with Gasteiger partial charge in [-0.1, -0.05) is 6.92 Å². The van der Waals surface area contributed by atoms with Gasteiger partial charge in [0, 0.05) is 25.2 Å². The Morgan fingerprint density at radius 2 is 2.25 bits per heavy atom. The van der Waals surface area contributed by atoms with Gasteiger partial charge in [-0.05, 0) is 32.2 Å². The summed E-state index contributed by atoms with van der Waals surface area (Å²) in [6.07, 6.45) is 4.83. The fraction of sp³-hybridized carbons (Fsp3) is 0.917. The molecule has 2 fully saturated rings. The van der Waals surface area contributed by atoms with Gasteiger partial charge < -0.3 is 10.6 Å². The Labute approximate surface area is 97.8 Å². The molecule has 2 heterocycles. The molecule has 2 aliphatic heterocycles. The number of nitrogens with one attached hydrogen (secondary N) is 2. The molecule has 4 nitrogen and oxygen atoms in total. The Bertz CT molecular complexity index is 244. The van der Waals surface area contributed by atoms with Crippen LogP contribution in [0.3, 0.4) is 0 Å². The first-order valence-electron chi connectivity index (χ1n) is 6.55. The summed E-state index contributed by atoms with van der Waals surface area (Å²) in [6.45, 7) is 5.81. The molecular weight excluding hydrogens is 202 g/mol.